The standard InChI is InChI=1S/C13H16N6O/c1-2-14-13-17-11(10-8-16-19-12(10)18-13)15-6-5-9-4-3-7-20-9/h3-4,7-8H,2,5-6H2,1H3,(H3,14,15,16,17,18,19). The van der Waals surface area contributed by atoms with Gasteiger partial charge in [0.1, 0.15) is 11.6 Å². The van der Waals surface area contributed by atoms with Gasteiger partial charge in [0.2, 0.25) is 5.95 Å². The lowest BCUT2D eigenvalue weighted by molar-refractivity contribution is 0.513. The van der Waals surface area contributed by atoms with Crippen LogP contribution in [0.25, 0.3) is 11.0 Å². The molecule has 0 saturated carbocycles. The number of nitrogens with zero attached hydrogens (tertiary/aromatic N) is 3. The Morgan fingerprint density at radius 3 is 3.05 bits per heavy atom. The van der Waals surface area contributed by atoms with Crippen molar-refractivity contribution in [2.24, 2.45) is 0 Å². The molecule has 7 heteroatoms. The van der Waals surface area contributed by atoms with Gasteiger partial charge in [0.25, 0.3) is 0 Å². The van der Waals surface area contributed by atoms with E-state index >= 15 is 0 Å². The molecule has 104 valence electrons. The van der Waals surface area contributed by atoms with Crippen molar-refractivity contribution in [2.45, 2.75) is 13.3 Å². The van der Waals surface area contributed by atoms with Gasteiger partial charge in [-0.1, -0.05) is 0 Å². The number of rotatable bonds is 6. The molecule has 3 N–H and O–H groups in total. The molecule has 0 aliphatic heterocycles. The summed E-state index contributed by atoms with van der Waals surface area (Å²) in [7, 11) is 0. The zero-order chi connectivity index (χ0) is 13.8. The first-order valence-corrected chi connectivity index (χ1v) is 6.58. The highest BCUT2D eigenvalue weighted by molar-refractivity contribution is 5.86. The van der Waals surface area contributed by atoms with Crippen molar-refractivity contribution >= 4 is 22.8 Å². The second-order valence-corrected chi connectivity index (χ2v) is 4.31. The molecule has 0 radical (unpaired) electrons. The van der Waals surface area contributed by atoms with Crippen LogP contribution in [0.15, 0.2) is 29.0 Å². The fourth-order valence-electron chi connectivity index (χ4n) is 1.97. The summed E-state index contributed by atoms with van der Waals surface area (Å²) >= 11 is 0. The molecule has 0 bridgehead atoms. The highest BCUT2D eigenvalue weighted by Crippen LogP contribution is 2.19. The summed E-state index contributed by atoms with van der Waals surface area (Å²) in [5.41, 5.74) is 0.719. The van der Waals surface area contributed by atoms with Gasteiger partial charge < -0.3 is 15.1 Å². The van der Waals surface area contributed by atoms with E-state index in [1.165, 1.54) is 0 Å². The molecule has 0 atom stereocenters. The van der Waals surface area contributed by atoms with Crippen molar-refractivity contribution in [3.05, 3.63) is 30.4 Å². The van der Waals surface area contributed by atoms with E-state index in [2.05, 4.69) is 30.8 Å². The van der Waals surface area contributed by atoms with E-state index in [1.54, 1.807) is 12.5 Å². The third-order valence-corrected chi connectivity index (χ3v) is 2.89. The van der Waals surface area contributed by atoms with Crippen molar-refractivity contribution in [3.8, 4) is 0 Å². The second-order valence-electron chi connectivity index (χ2n) is 4.31. The molecule has 7 nitrogen and oxygen atoms in total. The Hall–Kier alpha value is -2.57. The van der Waals surface area contributed by atoms with E-state index in [0.29, 0.717) is 5.95 Å². The van der Waals surface area contributed by atoms with Crippen LogP contribution in [-0.4, -0.2) is 33.3 Å². The van der Waals surface area contributed by atoms with E-state index < -0.39 is 0 Å². The third-order valence-electron chi connectivity index (χ3n) is 2.89. The maximum absolute atomic E-state index is 5.30. The maximum Gasteiger partial charge on any atom is 0.226 e. The van der Waals surface area contributed by atoms with Crippen molar-refractivity contribution in [1.82, 2.24) is 20.2 Å². The highest BCUT2D eigenvalue weighted by Gasteiger charge is 2.08. The average molecular weight is 272 g/mol. The van der Waals surface area contributed by atoms with Crippen LogP contribution in [0.5, 0.6) is 0 Å². The monoisotopic (exact) mass is 272 g/mol. The first-order valence-electron chi connectivity index (χ1n) is 6.58. The van der Waals surface area contributed by atoms with Gasteiger partial charge in [0.05, 0.1) is 17.8 Å². The van der Waals surface area contributed by atoms with Crippen LogP contribution < -0.4 is 10.6 Å². The molecular formula is C13H16N6O. The molecular weight excluding hydrogens is 256 g/mol. The van der Waals surface area contributed by atoms with Crippen molar-refractivity contribution in [3.63, 3.8) is 0 Å². The topological polar surface area (TPSA) is 91.7 Å². The van der Waals surface area contributed by atoms with Crippen LogP contribution in [0, 0.1) is 0 Å². The van der Waals surface area contributed by atoms with Crippen molar-refractivity contribution in [1.29, 1.82) is 0 Å². The van der Waals surface area contributed by atoms with E-state index in [9.17, 15) is 0 Å². The lowest BCUT2D eigenvalue weighted by atomic mass is 10.3. The smallest absolute Gasteiger partial charge is 0.226 e. The zero-order valence-electron chi connectivity index (χ0n) is 11.2. The number of anilines is 2. The highest BCUT2D eigenvalue weighted by atomic mass is 16.3. The number of hydrogen-bond acceptors (Lipinski definition) is 6. The molecule has 20 heavy (non-hydrogen) atoms. The number of furan rings is 1. The molecule has 3 heterocycles. The van der Waals surface area contributed by atoms with Gasteiger partial charge in [-0.2, -0.15) is 15.1 Å². The van der Waals surface area contributed by atoms with Gasteiger partial charge in [-0.05, 0) is 19.1 Å². The van der Waals surface area contributed by atoms with Gasteiger partial charge in [0, 0.05) is 19.5 Å². The molecule has 0 saturated heterocycles. The van der Waals surface area contributed by atoms with E-state index in [4.69, 9.17) is 4.42 Å². The fourth-order valence-corrected chi connectivity index (χ4v) is 1.97. The summed E-state index contributed by atoms with van der Waals surface area (Å²) in [5.74, 6) is 2.30. The molecule has 0 amide bonds. The third kappa shape index (κ3) is 2.56. The van der Waals surface area contributed by atoms with E-state index in [-0.39, 0.29) is 0 Å². The summed E-state index contributed by atoms with van der Waals surface area (Å²) < 4.78 is 5.30. The number of aromatic nitrogens is 4. The maximum atomic E-state index is 5.30. The molecule has 3 rings (SSSR count). The summed E-state index contributed by atoms with van der Waals surface area (Å²) in [6.45, 7) is 3.51. The number of H-pyrrole nitrogens is 1. The fraction of sp³-hybridized carbons (Fsp3) is 0.308. The van der Waals surface area contributed by atoms with Crippen LogP contribution in [0.3, 0.4) is 0 Å². The SMILES string of the molecule is CCNc1nc(NCCc2ccco2)c2cn[nH]c2n1. The summed E-state index contributed by atoms with van der Waals surface area (Å²) in [6.07, 6.45) is 4.20. The lowest BCUT2D eigenvalue weighted by Crippen LogP contribution is -2.09. The number of hydrogen-bond donors (Lipinski definition) is 3. The average Bonchev–Trinajstić information content (AvgIpc) is 3.09. The number of nitrogens with one attached hydrogen (secondary N) is 3. The molecule has 0 aliphatic carbocycles. The van der Waals surface area contributed by atoms with Gasteiger partial charge in [-0.25, -0.2) is 0 Å². The lowest BCUT2D eigenvalue weighted by Gasteiger charge is -2.08. The molecule has 3 aromatic rings. The van der Waals surface area contributed by atoms with Crippen molar-refractivity contribution in [2.75, 3.05) is 23.7 Å². The molecule has 0 aromatic carbocycles. The second kappa shape index (κ2) is 5.60. The van der Waals surface area contributed by atoms with Gasteiger partial charge in [-0.3, -0.25) is 5.10 Å². The quantitative estimate of drug-likeness (QED) is 0.636. The van der Waals surface area contributed by atoms with Gasteiger partial charge in [0.15, 0.2) is 5.65 Å². The van der Waals surface area contributed by atoms with Crippen LogP contribution in [-0.2, 0) is 6.42 Å². The number of fused-ring (bicyclic) bond motifs is 1. The van der Waals surface area contributed by atoms with Crippen LogP contribution >= 0.6 is 0 Å². The predicted octanol–water partition coefficient (Wildman–Crippen LogP) is 2.03. The van der Waals surface area contributed by atoms with E-state index in [0.717, 1.165) is 42.1 Å². The minimum atomic E-state index is 0.588. The summed E-state index contributed by atoms with van der Waals surface area (Å²) in [5, 5.41) is 14.2. The van der Waals surface area contributed by atoms with Crippen LogP contribution in [0.2, 0.25) is 0 Å². The van der Waals surface area contributed by atoms with Gasteiger partial charge in [-0.15, -0.1) is 0 Å². The largest absolute Gasteiger partial charge is 0.469 e. The van der Waals surface area contributed by atoms with Crippen molar-refractivity contribution < 1.29 is 4.42 Å². The Morgan fingerprint density at radius 1 is 1.30 bits per heavy atom. The Bertz CT molecular complexity index is 675. The predicted molar refractivity (Wildman–Crippen MR) is 76.7 cm³/mol. The van der Waals surface area contributed by atoms with Crippen LogP contribution in [0.1, 0.15) is 12.7 Å². The normalized spacial score (nSPS) is 10.8. The Kier molecular flexibility index (Phi) is 3.49. The molecule has 0 fully saturated rings. The minimum absolute atomic E-state index is 0.588. The number of aromatic amines is 1. The molecule has 0 aliphatic rings. The molecule has 0 unspecified atom stereocenters. The Labute approximate surface area is 115 Å². The van der Waals surface area contributed by atoms with E-state index in [1.807, 2.05) is 19.1 Å². The summed E-state index contributed by atoms with van der Waals surface area (Å²) in [4.78, 5) is 8.80. The Balaban J connectivity index is 1.76. The Morgan fingerprint density at radius 2 is 2.25 bits per heavy atom. The first kappa shape index (κ1) is 12.5. The molecule has 0 spiro atoms. The summed E-state index contributed by atoms with van der Waals surface area (Å²) in [6, 6.07) is 3.84. The first-order chi connectivity index (χ1) is 9.86. The zero-order valence-corrected chi connectivity index (χ0v) is 11.2. The molecule has 3 aromatic heterocycles. The van der Waals surface area contributed by atoms with Crippen LogP contribution in [0.4, 0.5) is 11.8 Å². The van der Waals surface area contributed by atoms with Gasteiger partial charge >= 0.3 is 0 Å². The minimum Gasteiger partial charge on any atom is -0.469 e.